The molecule has 3 aromatic rings. The molecule has 0 bridgehead atoms. The highest BCUT2D eigenvalue weighted by molar-refractivity contribution is 7.99. The van der Waals surface area contributed by atoms with Crippen LogP contribution in [0.5, 0.6) is 17.2 Å². The Morgan fingerprint density at radius 1 is 1.03 bits per heavy atom. The Balaban J connectivity index is 1.62. The number of ether oxygens (including phenoxy) is 3. The van der Waals surface area contributed by atoms with Gasteiger partial charge in [0.1, 0.15) is 23.9 Å². The van der Waals surface area contributed by atoms with Gasteiger partial charge in [-0.1, -0.05) is 17.8 Å². The van der Waals surface area contributed by atoms with E-state index in [4.69, 9.17) is 14.2 Å². The zero-order chi connectivity index (χ0) is 23.1. The lowest BCUT2D eigenvalue weighted by Crippen LogP contribution is -2.15. The van der Waals surface area contributed by atoms with Gasteiger partial charge in [-0.2, -0.15) is 0 Å². The topological polar surface area (TPSA) is 87.5 Å². The fourth-order valence-electron chi connectivity index (χ4n) is 3.24. The highest BCUT2D eigenvalue weighted by Gasteiger charge is 2.15. The maximum Gasteiger partial charge on any atom is 0.234 e. The number of methoxy groups -OCH3 is 2. The molecule has 0 saturated carbocycles. The first-order valence-corrected chi connectivity index (χ1v) is 11.2. The number of carbonyl (C=O) groups excluding carboxylic acids is 1. The molecule has 0 aliphatic rings. The summed E-state index contributed by atoms with van der Waals surface area (Å²) in [5.74, 6) is 2.70. The summed E-state index contributed by atoms with van der Waals surface area (Å²) in [5, 5.41) is 12.0. The van der Waals surface area contributed by atoms with Crippen LogP contribution in [0.15, 0.2) is 41.6 Å². The van der Waals surface area contributed by atoms with Crippen molar-refractivity contribution in [2.75, 3.05) is 25.3 Å². The molecule has 0 aliphatic heterocycles. The van der Waals surface area contributed by atoms with Gasteiger partial charge < -0.3 is 24.1 Å². The fourth-order valence-corrected chi connectivity index (χ4v) is 4.06. The third kappa shape index (κ3) is 5.94. The first kappa shape index (κ1) is 23.5. The van der Waals surface area contributed by atoms with E-state index in [1.165, 1.54) is 11.8 Å². The van der Waals surface area contributed by atoms with Crippen LogP contribution >= 0.6 is 11.8 Å². The maximum absolute atomic E-state index is 12.5. The lowest BCUT2D eigenvalue weighted by Gasteiger charge is -2.12. The Kier molecular flexibility index (Phi) is 7.99. The van der Waals surface area contributed by atoms with Crippen molar-refractivity contribution < 1.29 is 19.0 Å². The van der Waals surface area contributed by atoms with Crippen LogP contribution in [0.2, 0.25) is 0 Å². The minimum Gasteiger partial charge on any atom is -0.497 e. The molecular formula is C23H28N4O4S. The van der Waals surface area contributed by atoms with Gasteiger partial charge in [0, 0.05) is 12.6 Å². The number of benzene rings is 2. The molecule has 32 heavy (non-hydrogen) atoms. The zero-order valence-electron chi connectivity index (χ0n) is 19.0. The predicted octanol–water partition coefficient (Wildman–Crippen LogP) is 4.24. The second kappa shape index (κ2) is 10.9. The van der Waals surface area contributed by atoms with Crippen molar-refractivity contribution >= 4 is 23.4 Å². The quantitative estimate of drug-likeness (QED) is 0.457. The summed E-state index contributed by atoms with van der Waals surface area (Å²) in [4.78, 5) is 12.5. The van der Waals surface area contributed by atoms with E-state index < -0.39 is 0 Å². The summed E-state index contributed by atoms with van der Waals surface area (Å²) in [6, 6.07) is 11.3. The molecule has 0 saturated heterocycles. The van der Waals surface area contributed by atoms with Gasteiger partial charge in [-0.3, -0.25) is 4.79 Å². The SMILES string of the molecule is CCn1c(COc2cc(C)cc(C)c2)nnc1SCC(=O)Nc1cc(OC)ccc1OC. The van der Waals surface area contributed by atoms with E-state index in [1.54, 1.807) is 32.4 Å². The molecule has 0 spiro atoms. The number of anilines is 1. The molecule has 0 unspecified atom stereocenters. The van der Waals surface area contributed by atoms with Crippen molar-refractivity contribution in [2.45, 2.75) is 39.1 Å². The molecule has 1 N–H and O–H groups in total. The summed E-state index contributed by atoms with van der Waals surface area (Å²) >= 11 is 1.32. The Hall–Kier alpha value is -3.20. The van der Waals surface area contributed by atoms with Gasteiger partial charge in [0.2, 0.25) is 5.91 Å². The molecule has 1 heterocycles. The number of thioether (sulfide) groups is 1. The minimum absolute atomic E-state index is 0.177. The zero-order valence-corrected chi connectivity index (χ0v) is 19.8. The lowest BCUT2D eigenvalue weighted by atomic mass is 10.1. The highest BCUT2D eigenvalue weighted by Crippen LogP contribution is 2.29. The van der Waals surface area contributed by atoms with Gasteiger partial charge in [0.05, 0.1) is 25.7 Å². The molecule has 0 atom stereocenters. The van der Waals surface area contributed by atoms with Crippen molar-refractivity contribution in [1.29, 1.82) is 0 Å². The smallest absolute Gasteiger partial charge is 0.234 e. The molecule has 1 amide bonds. The molecule has 1 aromatic heterocycles. The molecule has 170 valence electrons. The number of rotatable bonds is 10. The first-order chi connectivity index (χ1) is 15.4. The Morgan fingerprint density at radius 2 is 1.78 bits per heavy atom. The van der Waals surface area contributed by atoms with Crippen molar-refractivity contribution in [2.24, 2.45) is 0 Å². The van der Waals surface area contributed by atoms with Gasteiger partial charge in [-0.05, 0) is 56.2 Å². The predicted molar refractivity (Wildman–Crippen MR) is 125 cm³/mol. The number of carbonyl (C=O) groups is 1. The first-order valence-electron chi connectivity index (χ1n) is 10.2. The van der Waals surface area contributed by atoms with Gasteiger partial charge in [-0.25, -0.2) is 0 Å². The van der Waals surface area contributed by atoms with E-state index >= 15 is 0 Å². The van der Waals surface area contributed by atoms with Gasteiger partial charge >= 0.3 is 0 Å². The average Bonchev–Trinajstić information content (AvgIpc) is 3.17. The number of nitrogens with zero attached hydrogens (tertiary/aromatic N) is 3. The van der Waals surface area contributed by atoms with E-state index in [2.05, 4.69) is 21.6 Å². The fraction of sp³-hybridized carbons (Fsp3) is 0.348. The van der Waals surface area contributed by atoms with Crippen LogP contribution in [0.25, 0.3) is 0 Å². The third-order valence-corrected chi connectivity index (χ3v) is 5.65. The molecule has 0 radical (unpaired) electrons. The Bertz CT molecular complexity index is 1060. The van der Waals surface area contributed by atoms with Crippen LogP contribution < -0.4 is 19.5 Å². The number of aromatic nitrogens is 3. The molecule has 3 rings (SSSR count). The molecule has 0 aliphatic carbocycles. The van der Waals surface area contributed by atoms with Crippen molar-refractivity contribution in [1.82, 2.24) is 14.8 Å². The monoisotopic (exact) mass is 456 g/mol. The molecule has 9 heteroatoms. The standard InChI is InChI=1S/C23H28N4O4S/c1-6-27-21(13-31-18-10-15(2)9-16(3)11-18)25-26-23(27)32-14-22(28)24-19-12-17(29-4)7-8-20(19)30-5/h7-12H,6,13-14H2,1-5H3,(H,24,28). The number of amides is 1. The maximum atomic E-state index is 12.5. The lowest BCUT2D eigenvalue weighted by molar-refractivity contribution is -0.113. The second-order valence-electron chi connectivity index (χ2n) is 7.16. The molecular weight excluding hydrogens is 428 g/mol. The van der Waals surface area contributed by atoms with E-state index in [1.807, 2.05) is 37.5 Å². The largest absolute Gasteiger partial charge is 0.497 e. The summed E-state index contributed by atoms with van der Waals surface area (Å²) < 4.78 is 18.4. The molecule has 8 nitrogen and oxygen atoms in total. The highest BCUT2D eigenvalue weighted by atomic mass is 32.2. The van der Waals surface area contributed by atoms with Crippen LogP contribution in [-0.4, -0.2) is 40.6 Å². The van der Waals surface area contributed by atoms with Crippen LogP contribution in [0.4, 0.5) is 5.69 Å². The van der Waals surface area contributed by atoms with Gasteiger partial charge in [0.15, 0.2) is 11.0 Å². The molecule has 0 fully saturated rings. The van der Waals surface area contributed by atoms with Crippen molar-refractivity contribution in [3.63, 3.8) is 0 Å². The second-order valence-corrected chi connectivity index (χ2v) is 8.10. The number of hydrogen-bond acceptors (Lipinski definition) is 7. The van der Waals surface area contributed by atoms with Crippen molar-refractivity contribution in [3.05, 3.63) is 53.3 Å². The van der Waals surface area contributed by atoms with Gasteiger partial charge in [0.25, 0.3) is 0 Å². The summed E-state index contributed by atoms with van der Waals surface area (Å²) in [6.45, 7) is 7.06. The normalized spacial score (nSPS) is 10.7. The van der Waals surface area contributed by atoms with E-state index in [9.17, 15) is 4.79 Å². The Labute approximate surface area is 192 Å². The summed E-state index contributed by atoms with van der Waals surface area (Å²) in [6.07, 6.45) is 0. The van der Waals surface area contributed by atoms with E-state index in [0.29, 0.717) is 41.3 Å². The third-order valence-electron chi connectivity index (χ3n) is 4.69. The number of nitrogens with one attached hydrogen (secondary N) is 1. The summed E-state index contributed by atoms with van der Waals surface area (Å²) in [7, 11) is 3.12. The van der Waals surface area contributed by atoms with Crippen molar-refractivity contribution in [3.8, 4) is 17.2 Å². The van der Waals surface area contributed by atoms with Gasteiger partial charge in [-0.15, -0.1) is 10.2 Å². The van der Waals surface area contributed by atoms with E-state index in [-0.39, 0.29) is 11.7 Å². The van der Waals surface area contributed by atoms with Crippen LogP contribution in [-0.2, 0) is 17.9 Å². The number of aryl methyl sites for hydroxylation is 2. The average molecular weight is 457 g/mol. The summed E-state index contributed by atoms with van der Waals surface area (Å²) in [5.41, 5.74) is 2.84. The van der Waals surface area contributed by atoms with E-state index in [0.717, 1.165) is 16.9 Å². The van der Waals surface area contributed by atoms with Crippen LogP contribution in [0.1, 0.15) is 23.9 Å². The number of hydrogen-bond donors (Lipinski definition) is 1. The van der Waals surface area contributed by atoms with Crippen LogP contribution in [0, 0.1) is 13.8 Å². The van der Waals surface area contributed by atoms with Crippen LogP contribution in [0.3, 0.4) is 0 Å². The Morgan fingerprint density at radius 3 is 2.44 bits per heavy atom. The minimum atomic E-state index is -0.180. The molecule has 2 aromatic carbocycles.